The van der Waals surface area contributed by atoms with Gasteiger partial charge in [0.1, 0.15) is 17.3 Å². The molecular formula is C18H15ClN2O4. The number of anilines is 1. The van der Waals surface area contributed by atoms with Gasteiger partial charge in [0.2, 0.25) is 0 Å². The van der Waals surface area contributed by atoms with Crippen molar-refractivity contribution in [2.24, 2.45) is 0 Å². The summed E-state index contributed by atoms with van der Waals surface area (Å²) in [4.78, 5) is 11.9. The Morgan fingerprint density at radius 1 is 1.20 bits per heavy atom. The van der Waals surface area contributed by atoms with E-state index in [2.05, 4.69) is 10.5 Å². The second-order valence-electron chi connectivity index (χ2n) is 5.17. The number of nitrogens with one attached hydrogen (secondary N) is 1. The first-order chi connectivity index (χ1) is 12.1. The van der Waals surface area contributed by atoms with Crippen molar-refractivity contribution >= 4 is 23.2 Å². The number of aryl methyl sites for hydroxylation is 1. The highest BCUT2D eigenvalue weighted by Gasteiger charge is 2.07. The standard InChI is InChI=1S/C18H15ClN2O4/c1-12-10-18(21-25-12)23-11-17(22)20-13-6-8-14(9-7-13)24-16-5-3-2-4-15(16)19/h2-10H,11H2,1H3,(H,20,22). The zero-order valence-corrected chi connectivity index (χ0v) is 14.1. The van der Waals surface area contributed by atoms with Crippen LogP contribution in [0.4, 0.5) is 5.69 Å². The van der Waals surface area contributed by atoms with Gasteiger partial charge in [-0.25, -0.2) is 0 Å². The van der Waals surface area contributed by atoms with E-state index >= 15 is 0 Å². The zero-order chi connectivity index (χ0) is 17.6. The van der Waals surface area contributed by atoms with Crippen molar-refractivity contribution in [1.82, 2.24) is 5.16 Å². The molecule has 0 aliphatic rings. The number of carbonyl (C=O) groups excluding carboxylic acids is 1. The molecule has 3 aromatic rings. The van der Waals surface area contributed by atoms with E-state index in [9.17, 15) is 4.79 Å². The highest BCUT2D eigenvalue weighted by atomic mass is 35.5. The Balaban J connectivity index is 1.53. The van der Waals surface area contributed by atoms with Crippen molar-refractivity contribution in [1.29, 1.82) is 0 Å². The van der Waals surface area contributed by atoms with Crippen LogP contribution < -0.4 is 14.8 Å². The topological polar surface area (TPSA) is 73.6 Å². The summed E-state index contributed by atoms with van der Waals surface area (Å²) in [6.45, 7) is 1.58. The van der Waals surface area contributed by atoms with Gasteiger partial charge < -0.3 is 19.3 Å². The molecule has 0 bridgehead atoms. The van der Waals surface area contributed by atoms with Crippen LogP contribution in [0.2, 0.25) is 5.02 Å². The summed E-state index contributed by atoms with van der Waals surface area (Å²) in [6.07, 6.45) is 0. The van der Waals surface area contributed by atoms with Gasteiger partial charge in [-0.1, -0.05) is 23.7 Å². The molecule has 0 radical (unpaired) electrons. The molecule has 0 aliphatic heterocycles. The maximum absolute atomic E-state index is 11.9. The maximum Gasteiger partial charge on any atom is 0.262 e. The molecule has 0 aliphatic carbocycles. The van der Waals surface area contributed by atoms with Crippen LogP contribution >= 0.6 is 11.6 Å². The zero-order valence-electron chi connectivity index (χ0n) is 13.4. The predicted octanol–water partition coefficient (Wildman–Crippen LogP) is 4.45. The first kappa shape index (κ1) is 16.9. The number of halogens is 1. The molecular weight excluding hydrogens is 344 g/mol. The van der Waals surface area contributed by atoms with Gasteiger partial charge in [0.15, 0.2) is 6.61 Å². The lowest BCUT2D eigenvalue weighted by Crippen LogP contribution is -2.20. The Morgan fingerprint density at radius 2 is 1.96 bits per heavy atom. The van der Waals surface area contributed by atoms with E-state index in [1.165, 1.54) is 0 Å². The fourth-order valence-corrected chi connectivity index (χ4v) is 2.18. The number of nitrogens with zero attached hydrogens (tertiary/aromatic N) is 1. The van der Waals surface area contributed by atoms with E-state index < -0.39 is 0 Å². The van der Waals surface area contributed by atoms with Gasteiger partial charge >= 0.3 is 0 Å². The van der Waals surface area contributed by atoms with E-state index in [1.54, 1.807) is 49.4 Å². The van der Waals surface area contributed by atoms with Crippen LogP contribution in [0.25, 0.3) is 0 Å². The summed E-state index contributed by atoms with van der Waals surface area (Å²) in [5.41, 5.74) is 0.622. The van der Waals surface area contributed by atoms with Crippen molar-refractivity contribution < 1.29 is 18.8 Å². The Morgan fingerprint density at radius 3 is 2.64 bits per heavy atom. The number of benzene rings is 2. The Bertz CT molecular complexity index is 862. The first-order valence-corrected chi connectivity index (χ1v) is 7.86. The molecule has 0 saturated heterocycles. The van der Waals surface area contributed by atoms with Crippen LogP contribution in [0.5, 0.6) is 17.4 Å². The Labute approximate surface area is 149 Å². The smallest absolute Gasteiger partial charge is 0.262 e. The van der Waals surface area contributed by atoms with Gasteiger partial charge in [-0.05, 0) is 48.5 Å². The van der Waals surface area contributed by atoms with E-state index in [4.69, 9.17) is 25.6 Å². The first-order valence-electron chi connectivity index (χ1n) is 7.48. The van der Waals surface area contributed by atoms with Crippen LogP contribution in [-0.2, 0) is 4.79 Å². The molecule has 128 valence electrons. The Kier molecular flexibility index (Phi) is 5.20. The highest BCUT2D eigenvalue weighted by Crippen LogP contribution is 2.29. The minimum Gasteiger partial charge on any atom is -0.465 e. The number of para-hydroxylation sites is 1. The van der Waals surface area contributed by atoms with Crippen LogP contribution in [0.15, 0.2) is 59.1 Å². The average molecular weight is 359 g/mol. The molecule has 3 rings (SSSR count). The molecule has 1 aromatic heterocycles. The summed E-state index contributed by atoms with van der Waals surface area (Å²) in [6, 6.07) is 15.7. The quantitative estimate of drug-likeness (QED) is 0.704. The van der Waals surface area contributed by atoms with Gasteiger partial charge in [0, 0.05) is 11.8 Å². The number of aromatic nitrogens is 1. The number of carbonyl (C=O) groups is 1. The molecule has 25 heavy (non-hydrogen) atoms. The summed E-state index contributed by atoms with van der Waals surface area (Å²) < 4.78 is 15.8. The van der Waals surface area contributed by atoms with E-state index in [-0.39, 0.29) is 18.4 Å². The lowest BCUT2D eigenvalue weighted by atomic mass is 10.3. The van der Waals surface area contributed by atoms with Crippen LogP contribution in [0.3, 0.4) is 0 Å². The van der Waals surface area contributed by atoms with Crippen LogP contribution in [0.1, 0.15) is 5.76 Å². The van der Waals surface area contributed by atoms with Gasteiger partial charge in [-0.15, -0.1) is 0 Å². The number of hydrogen-bond donors (Lipinski definition) is 1. The third kappa shape index (κ3) is 4.74. The van der Waals surface area contributed by atoms with Crippen LogP contribution in [0, 0.1) is 6.92 Å². The van der Waals surface area contributed by atoms with Gasteiger partial charge in [0.05, 0.1) is 5.02 Å². The van der Waals surface area contributed by atoms with Crippen molar-refractivity contribution in [3.8, 4) is 17.4 Å². The largest absolute Gasteiger partial charge is 0.465 e. The number of rotatable bonds is 6. The van der Waals surface area contributed by atoms with Crippen molar-refractivity contribution in [2.75, 3.05) is 11.9 Å². The molecule has 1 N–H and O–H groups in total. The molecule has 7 heteroatoms. The van der Waals surface area contributed by atoms with E-state index in [0.29, 0.717) is 28.0 Å². The molecule has 2 aromatic carbocycles. The van der Waals surface area contributed by atoms with Gasteiger partial charge in [-0.2, -0.15) is 0 Å². The van der Waals surface area contributed by atoms with Crippen molar-refractivity contribution in [3.63, 3.8) is 0 Å². The predicted molar refractivity (Wildman–Crippen MR) is 93.3 cm³/mol. The summed E-state index contributed by atoms with van der Waals surface area (Å²) in [5, 5.41) is 6.89. The van der Waals surface area contributed by atoms with Crippen LogP contribution in [-0.4, -0.2) is 17.7 Å². The van der Waals surface area contributed by atoms with E-state index in [0.717, 1.165) is 0 Å². The molecule has 0 atom stereocenters. The molecule has 1 amide bonds. The third-order valence-corrected chi connectivity index (χ3v) is 3.47. The lowest BCUT2D eigenvalue weighted by Gasteiger charge is -2.09. The minimum absolute atomic E-state index is 0.163. The van der Waals surface area contributed by atoms with Gasteiger partial charge in [0.25, 0.3) is 11.8 Å². The average Bonchev–Trinajstić information content (AvgIpc) is 3.02. The molecule has 0 spiro atoms. The van der Waals surface area contributed by atoms with Crippen molar-refractivity contribution in [2.45, 2.75) is 6.92 Å². The second kappa shape index (κ2) is 7.72. The SMILES string of the molecule is Cc1cc(OCC(=O)Nc2ccc(Oc3ccccc3Cl)cc2)no1. The fourth-order valence-electron chi connectivity index (χ4n) is 2.01. The third-order valence-electron chi connectivity index (χ3n) is 3.16. The molecule has 0 fully saturated rings. The second-order valence-corrected chi connectivity index (χ2v) is 5.58. The molecule has 0 saturated carbocycles. The lowest BCUT2D eigenvalue weighted by molar-refractivity contribution is -0.118. The van der Waals surface area contributed by atoms with Crippen molar-refractivity contribution in [3.05, 3.63) is 65.4 Å². The minimum atomic E-state index is -0.305. The number of hydrogen-bond acceptors (Lipinski definition) is 5. The fraction of sp³-hybridized carbons (Fsp3) is 0.111. The summed E-state index contributed by atoms with van der Waals surface area (Å²) in [5.74, 6) is 1.76. The summed E-state index contributed by atoms with van der Waals surface area (Å²) >= 11 is 6.05. The Hall–Kier alpha value is -2.99. The highest BCUT2D eigenvalue weighted by molar-refractivity contribution is 6.32. The molecule has 0 unspecified atom stereocenters. The molecule has 1 heterocycles. The number of ether oxygens (including phenoxy) is 2. The van der Waals surface area contributed by atoms with E-state index in [1.807, 2.05) is 12.1 Å². The summed E-state index contributed by atoms with van der Waals surface area (Å²) in [7, 11) is 0. The molecule has 6 nitrogen and oxygen atoms in total. The normalized spacial score (nSPS) is 10.3. The monoisotopic (exact) mass is 358 g/mol. The number of amides is 1. The van der Waals surface area contributed by atoms with Gasteiger partial charge in [-0.3, -0.25) is 4.79 Å². The maximum atomic E-state index is 11.9.